The molecule has 4 nitrogen and oxygen atoms in total. The Morgan fingerprint density at radius 2 is 2.17 bits per heavy atom. The molecule has 0 aromatic carbocycles. The van der Waals surface area contributed by atoms with Crippen molar-refractivity contribution in [2.24, 2.45) is 0 Å². The summed E-state index contributed by atoms with van der Waals surface area (Å²) in [6.07, 6.45) is 2.01. The number of nitrogens with one attached hydrogen (secondary N) is 2. The van der Waals surface area contributed by atoms with Gasteiger partial charge in [0, 0.05) is 18.2 Å². The monoisotopic (exact) mass is 269 g/mol. The predicted octanol–water partition coefficient (Wildman–Crippen LogP) is 3.09. The zero-order chi connectivity index (χ0) is 13.5. The minimum atomic E-state index is -0.112. The fourth-order valence-corrected chi connectivity index (χ4v) is 1.92. The van der Waals surface area contributed by atoms with Gasteiger partial charge in [0.05, 0.1) is 0 Å². The third kappa shape index (κ3) is 4.53. The minimum Gasteiger partial charge on any atom is -0.370 e. The van der Waals surface area contributed by atoms with Gasteiger partial charge in [-0.05, 0) is 32.4 Å². The van der Waals surface area contributed by atoms with E-state index in [0.29, 0.717) is 16.5 Å². The van der Waals surface area contributed by atoms with E-state index in [2.05, 4.69) is 22.5 Å². The maximum absolute atomic E-state index is 12.0. The van der Waals surface area contributed by atoms with Crippen LogP contribution in [0.5, 0.6) is 0 Å². The lowest BCUT2D eigenvalue weighted by Gasteiger charge is -2.13. The zero-order valence-electron chi connectivity index (χ0n) is 11.1. The molecule has 1 rings (SSSR count). The molecule has 100 valence electrons. The number of hydrogen-bond donors (Lipinski definition) is 2. The maximum atomic E-state index is 12.0. The summed E-state index contributed by atoms with van der Waals surface area (Å²) in [6.45, 7) is 6.79. The van der Waals surface area contributed by atoms with Gasteiger partial charge in [-0.15, -0.1) is 0 Å². The van der Waals surface area contributed by atoms with E-state index >= 15 is 0 Å². The van der Waals surface area contributed by atoms with Crippen LogP contribution in [0.4, 0.5) is 5.82 Å². The Hall–Kier alpha value is -1.29. The van der Waals surface area contributed by atoms with Crippen LogP contribution in [-0.2, 0) is 0 Å². The van der Waals surface area contributed by atoms with Gasteiger partial charge in [-0.25, -0.2) is 4.98 Å². The van der Waals surface area contributed by atoms with Crippen LogP contribution in [-0.4, -0.2) is 23.5 Å². The zero-order valence-corrected chi connectivity index (χ0v) is 11.8. The van der Waals surface area contributed by atoms with E-state index in [1.807, 2.05) is 13.8 Å². The molecule has 5 heteroatoms. The fourth-order valence-electron chi connectivity index (χ4n) is 1.71. The highest BCUT2D eigenvalue weighted by Crippen LogP contribution is 2.14. The maximum Gasteiger partial charge on any atom is 0.251 e. The van der Waals surface area contributed by atoms with Crippen LogP contribution >= 0.6 is 11.6 Å². The molecular weight excluding hydrogens is 250 g/mol. The second-order valence-electron chi connectivity index (χ2n) is 4.26. The smallest absolute Gasteiger partial charge is 0.251 e. The summed E-state index contributed by atoms with van der Waals surface area (Å²) in [4.78, 5) is 16.1. The Morgan fingerprint density at radius 3 is 2.78 bits per heavy atom. The number of amides is 1. The largest absolute Gasteiger partial charge is 0.370 e. The van der Waals surface area contributed by atoms with Crippen molar-refractivity contribution < 1.29 is 4.79 Å². The van der Waals surface area contributed by atoms with E-state index in [1.165, 1.54) is 0 Å². The van der Waals surface area contributed by atoms with E-state index in [9.17, 15) is 4.79 Å². The number of hydrogen-bond acceptors (Lipinski definition) is 3. The molecule has 1 aromatic heterocycles. The first kappa shape index (κ1) is 14.8. The standard InChI is InChI=1S/C13H20ClN3O/c1-4-6-9(3)16-13(18)10-7-11(14)17-12(8-10)15-5-2/h7-9H,4-6H2,1-3H3,(H,15,17)(H,16,18). The molecule has 0 aliphatic carbocycles. The Morgan fingerprint density at radius 1 is 1.44 bits per heavy atom. The number of rotatable bonds is 6. The molecule has 0 fully saturated rings. The van der Waals surface area contributed by atoms with Gasteiger partial charge >= 0.3 is 0 Å². The van der Waals surface area contributed by atoms with Crippen LogP contribution < -0.4 is 10.6 Å². The first-order chi connectivity index (χ1) is 8.56. The summed E-state index contributed by atoms with van der Waals surface area (Å²) < 4.78 is 0. The molecule has 0 spiro atoms. The Kier molecular flexibility index (Phi) is 5.92. The van der Waals surface area contributed by atoms with Crippen molar-refractivity contribution in [3.63, 3.8) is 0 Å². The van der Waals surface area contributed by atoms with Crippen LogP contribution in [0.25, 0.3) is 0 Å². The number of pyridine rings is 1. The molecule has 0 bridgehead atoms. The number of halogens is 1. The predicted molar refractivity (Wildman–Crippen MR) is 75.2 cm³/mol. The highest BCUT2D eigenvalue weighted by Gasteiger charge is 2.11. The normalized spacial score (nSPS) is 12.0. The molecule has 1 atom stereocenters. The number of aromatic nitrogens is 1. The van der Waals surface area contributed by atoms with E-state index in [-0.39, 0.29) is 11.9 Å². The van der Waals surface area contributed by atoms with Crippen molar-refractivity contribution in [1.82, 2.24) is 10.3 Å². The number of anilines is 1. The van der Waals surface area contributed by atoms with Gasteiger partial charge < -0.3 is 10.6 Å². The number of carbonyl (C=O) groups is 1. The fraction of sp³-hybridized carbons (Fsp3) is 0.538. The molecule has 1 aromatic rings. The van der Waals surface area contributed by atoms with Gasteiger partial charge in [0.1, 0.15) is 11.0 Å². The van der Waals surface area contributed by atoms with Gasteiger partial charge in [-0.1, -0.05) is 24.9 Å². The van der Waals surface area contributed by atoms with E-state index < -0.39 is 0 Å². The van der Waals surface area contributed by atoms with Crippen molar-refractivity contribution in [2.45, 2.75) is 39.7 Å². The summed E-state index contributed by atoms with van der Waals surface area (Å²) in [5, 5.41) is 6.31. The molecular formula is C13H20ClN3O. The summed E-state index contributed by atoms with van der Waals surface area (Å²) in [6, 6.07) is 3.46. The molecule has 0 radical (unpaired) electrons. The summed E-state index contributed by atoms with van der Waals surface area (Å²) in [5.74, 6) is 0.512. The SMILES string of the molecule is CCCC(C)NC(=O)c1cc(Cl)nc(NCC)c1. The van der Waals surface area contributed by atoms with Gasteiger partial charge in [0.15, 0.2) is 0 Å². The van der Waals surface area contributed by atoms with Crippen molar-refractivity contribution in [1.29, 1.82) is 0 Å². The van der Waals surface area contributed by atoms with Crippen LogP contribution in [0.15, 0.2) is 12.1 Å². The minimum absolute atomic E-state index is 0.112. The molecule has 0 aliphatic heterocycles. The summed E-state index contributed by atoms with van der Waals surface area (Å²) in [5.41, 5.74) is 0.536. The van der Waals surface area contributed by atoms with Crippen molar-refractivity contribution >= 4 is 23.3 Å². The van der Waals surface area contributed by atoms with Gasteiger partial charge in [0.2, 0.25) is 0 Å². The number of carbonyl (C=O) groups excluding carboxylic acids is 1. The summed E-state index contributed by atoms with van der Waals surface area (Å²) in [7, 11) is 0. The van der Waals surface area contributed by atoms with Crippen LogP contribution in [0.2, 0.25) is 5.15 Å². The lowest BCUT2D eigenvalue weighted by atomic mass is 10.1. The third-order valence-corrected chi connectivity index (χ3v) is 2.71. The molecule has 18 heavy (non-hydrogen) atoms. The third-order valence-electron chi connectivity index (χ3n) is 2.51. The Bertz CT molecular complexity index is 409. The first-order valence-electron chi connectivity index (χ1n) is 6.29. The van der Waals surface area contributed by atoms with Gasteiger partial charge in [-0.3, -0.25) is 4.79 Å². The Balaban J connectivity index is 2.78. The Labute approximate surface area is 113 Å². The quantitative estimate of drug-likeness (QED) is 0.781. The van der Waals surface area contributed by atoms with Crippen molar-refractivity contribution in [3.8, 4) is 0 Å². The van der Waals surface area contributed by atoms with Gasteiger partial charge in [0.25, 0.3) is 5.91 Å². The van der Waals surface area contributed by atoms with E-state index in [0.717, 1.165) is 19.4 Å². The number of nitrogens with zero attached hydrogens (tertiary/aromatic N) is 1. The lowest BCUT2D eigenvalue weighted by Crippen LogP contribution is -2.32. The molecule has 1 unspecified atom stereocenters. The molecule has 2 N–H and O–H groups in total. The van der Waals surface area contributed by atoms with Crippen LogP contribution in [0, 0.1) is 0 Å². The van der Waals surface area contributed by atoms with E-state index in [4.69, 9.17) is 11.6 Å². The second kappa shape index (κ2) is 7.21. The highest BCUT2D eigenvalue weighted by atomic mass is 35.5. The average Bonchev–Trinajstić information content (AvgIpc) is 2.28. The topological polar surface area (TPSA) is 54.0 Å². The first-order valence-corrected chi connectivity index (χ1v) is 6.67. The van der Waals surface area contributed by atoms with Crippen LogP contribution in [0.1, 0.15) is 44.0 Å². The van der Waals surface area contributed by atoms with Crippen molar-refractivity contribution in [2.75, 3.05) is 11.9 Å². The average molecular weight is 270 g/mol. The molecule has 1 heterocycles. The second-order valence-corrected chi connectivity index (χ2v) is 4.64. The van der Waals surface area contributed by atoms with E-state index in [1.54, 1.807) is 12.1 Å². The summed E-state index contributed by atoms with van der Waals surface area (Å²) >= 11 is 5.90. The molecule has 1 amide bonds. The van der Waals surface area contributed by atoms with Crippen LogP contribution in [0.3, 0.4) is 0 Å². The van der Waals surface area contributed by atoms with Crippen molar-refractivity contribution in [3.05, 3.63) is 22.8 Å². The molecule has 0 saturated carbocycles. The molecule has 0 aliphatic rings. The molecule has 0 saturated heterocycles. The highest BCUT2D eigenvalue weighted by molar-refractivity contribution is 6.29. The van der Waals surface area contributed by atoms with Gasteiger partial charge in [-0.2, -0.15) is 0 Å². The lowest BCUT2D eigenvalue weighted by molar-refractivity contribution is 0.0938.